The Kier molecular flexibility index (Phi) is 8.35. The summed E-state index contributed by atoms with van der Waals surface area (Å²) in [7, 11) is 0. The van der Waals surface area contributed by atoms with Crippen molar-refractivity contribution in [1.29, 1.82) is 0 Å². The van der Waals surface area contributed by atoms with Gasteiger partial charge in [0.25, 0.3) is 0 Å². The fourth-order valence-corrected chi connectivity index (χ4v) is 2.47. The topological polar surface area (TPSA) is 76.0 Å². The molecule has 5 nitrogen and oxygen atoms in total. The number of cyclic esters (lactones) is 1. The predicted octanol–water partition coefficient (Wildman–Crippen LogP) is 3.37. The van der Waals surface area contributed by atoms with Gasteiger partial charge >= 0.3 is 5.97 Å². The van der Waals surface area contributed by atoms with E-state index in [9.17, 15) is 9.90 Å². The summed E-state index contributed by atoms with van der Waals surface area (Å²) in [6.45, 7) is 0.809. The Balaban J connectivity index is 0.000000228. The minimum Gasteiger partial charge on any atom is -0.458 e. The smallest absolute Gasteiger partial charge is 0.335 e. The quantitative estimate of drug-likeness (QED) is 0.755. The van der Waals surface area contributed by atoms with Crippen molar-refractivity contribution >= 4 is 29.2 Å². The third kappa shape index (κ3) is 6.94. The first kappa shape index (κ1) is 20.7. The van der Waals surface area contributed by atoms with Crippen molar-refractivity contribution in [3.63, 3.8) is 0 Å². The Morgan fingerprint density at radius 1 is 1.00 bits per heavy atom. The molecular weight excluding hydrogens is 379 g/mol. The van der Waals surface area contributed by atoms with E-state index in [0.29, 0.717) is 29.7 Å². The lowest BCUT2D eigenvalue weighted by Crippen LogP contribution is -2.14. The fourth-order valence-electron chi connectivity index (χ4n) is 2.22. The van der Waals surface area contributed by atoms with Gasteiger partial charge in [-0.3, -0.25) is 0 Å². The summed E-state index contributed by atoms with van der Waals surface area (Å²) in [5.74, 6) is -0.565. The van der Waals surface area contributed by atoms with Crippen LogP contribution in [-0.2, 0) is 27.5 Å². The van der Waals surface area contributed by atoms with Crippen LogP contribution >= 0.6 is 23.2 Å². The molecule has 0 spiro atoms. The number of rotatable bonds is 5. The van der Waals surface area contributed by atoms with Crippen molar-refractivity contribution < 1.29 is 24.5 Å². The number of esters is 1. The van der Waals surface area contributed by atoms with E-state index in [1.807, 2.05) is 12.1 Å². The van der Waals surface area contributed by atoms with Crippen molar-refractivity contribution in [1.82, 2.24) is 0 Å². The third-order valence-electron chi connectivity index (χ3n) is 3.62. The zero-order valence-corrected chi connectivity index (χ0v) is 15.5. The fraction of sp³-hybridized carbons (Fsp3) is 0.316. The van der Waals surface area contributed by atoms with Gasteiger partial charge in [-0.05, 0) is 35.4 Å². The van der Waals surface area contributed by atoms with Crippen LogP contribution < -0.4 is 0 Å². The van der Waals surface area contributed by atoms with Crippen LogP contribution in [0, 0.1) is 0 Å². The molecule has 0 amide bonds. The molecule has 1 aliphatic rings. The monoisotopic (exact) mass is 398 g/mol. The highest BCUT2D eigenvalue weighted by atomic mass is 35.5. The Bertz CT molecular complexity index is 688. The molecule has 1 saturated heterocycles. The zero-order chi connectivity index (χ0) is 18.9. The molecule has 7 heteroatoms. The molecule has 0 aliphatic carbocycles. The summed E-state index contributed by atoms with van der Waals surface area (Å²) < 4.78 is 10.3. The summed E-state index contributed by atoms with van der Waals surface area (Å²) in [6.07, 6.45) is -1.04. The lowest BCUT2D eigenvalue weighted by Gasteiger charge is -2.09. The van der Waals surface area contributed by atoms with Crippen molar-refractivity contribution in [2.75, 3.05) is 6.61 Å². The average Bonchev–Trinajstić information content (AvgIpc) is 2.96. The van der Waals surface area contributed by atoms with Gasteiger partial charge in [-0.2, -0.15) is 0 Å². The standard InChI is InChI=1S/C12H13ClO4.C7H7ClO/c13-9-3-1-8(2-4-9)6-16-7-10-5-11(14)12(15)17-10;8-7-3-1-6(5-9)2-4-7/h1-4,10-11,14H,5-7H2;1-4,9H,5H2. The molecule has 2 aromatic rings. The first-order chi connectivity index (χ1) is 12.5. The van der Waals surface area contributed by atoms with Crippen LogP contribution in [0.25, 0.3) is 0 Å². The number of carbonyl (C=O) groups is 1. The summed E-state index contributed by atoms with van der Waals surface area (Å²) in [5, 5.41) is 19.1. The first-order valence-electron chi connectivity index (χ1n) is 8.04. The second-order valence-corrected chi connectivity index (χ2v) is 6.61. The van der Waals surface area contributed by atoms with Crippen molar-refractivity contribution in [2.24, 2.45) is 0 Å². The molecule has 0 aromatic heterocycles. The number of aliphatic hydroxyl groups is 2. The Labute approximate surface area is 162 Å². The van der Waals surface area contributed by atoms with E-state index >= 15 is 0 Å². The number of benzene rings is 2. The van der Waals surface area contributed by atoms with Crippen LogP contribution in [0.5, 0.6) is 0 Å². The Morgan fingerprint density at radius 2 is 1.54 bits per heavy atom. The summed E-state index contributed by atoms with van der Waals surface area (Å²) >= 11 is 11.3. The highest BCUT2D eigenvalue weighted by Gasteiger charge is 2.32. The first-order valence-corrected chi connectivity index (χ1v) is 8.79. The van der Waals surface area contributed by atoms with Crippen LogP contribution in [0.15, 0.2) is 48.5 Å². The van der Waals surface area contributed by atoms with Gasteiger partial charge in [0.05, 0.1) is 19.8 Å². The molecule has 2 N–H and O–H groups in total. The van der Waals surface area contributed by atoms with Gasteiger partial charge in [-0.1, -0.05) is 47.5 Å². The van der Waals surface area contributed by atoms with Gasteiger partial charge < -0.3 is 19.7 Å². The van der Waals surface area contributed by atoms with Gasteiger partial charge in [0.15, 0.2) is 6.10 Å². The lowest BCUT2D eigenvalue weighted by atomic mass is 10.2. The summed E-state index contributed by atoms with van der Waals surface area (Å²) in [6, 6.07) is 14.4. The van der Waals surface area contributed by atoms with E-state index in [0.717, 1.165) is 11.1 Å². The maximum absolute atomic E-state index is 10.9. The van der Waals surface area contributed by atoms with Crippen LogP contribution in [0.4, 0.5) is 0 Å². The lowest BCUT2D eigenvalue weighted by molar-refractivity contribution is -0.149. The summed E-state index contributed by atoms with van der Waals surface area (Å²) in [5.41, 5.74) is 1.89. The maximum atomic E-state index is 10.9. The number of hydrogen-bond acceptors (Lipinski definition) is 5. The van der Waals surface area contributed by atoms with E-state index in [2.05, 4.69) is 0 Å². The minimum absolute atomic E-state index is 0.0805. The average molecular weight is 399 g/mol. The molecule has 0 saturated carbocycles. The SMILES string of the molecule is O=C1OC(COCc2ccc(Cl)cc2)CC1O.OCc1ccc(Cl)cc1. The second kappa shape index (κ2) is 10.5. The van der Waals surface area contributed by atoms with E-state index in [-0.39, 0.29) is 12.7 Å². The van der Waals surface area contributed by atoms with E-state index in [1.54, 1.807) is 36.4 Å². The molecule has 0 radical (unpaired) electrons. The highest BCUT2D eigenvalue weighted by molar-refractivity contribution is 6.30. The van der Waals surface area contributed by atoms with E-state index in [4.69, 9.17) is 37.8 Å². The van der Waals surface area contributed by atoms with Gasteiger partial charge in [-0.25, -0.2) is 4.79 Å². The maximum Gasteiger partial charge on any atom is 0.335 e. The number of aliphatic hydroxyl groups excluding tert-OH is 2. The molecule has 2 atom stereocenters. The number of hydrogen-bond donors (Lipinski definition) is 2. The number of carbonyl (C=O) groups excluding carboxylic acids is 1. The van der Waals surface area contributed by atoms with E-state index in [1.165, 1.54) is 0 Å². The van der Waals surface area contributed by atoms with Crippen molar-refractivity contribution in [3.05, 3.63) is 69.7 Å². The van der Waals surface area contributed by atoms with Gasteiger partial charge in [0.2, 0.25) is 0 Å². The Hall–Kier alpha value is -1.63. The molecule has 0 bridgehead atoms. The van der Waals surface area contributed by atoms with Crippen LogP contribution in [-0.4, -0.2) is 35.0 Å². The van der Waals surface area contributed by atoms with Gasteiger partial charge in [0.1, 0.15) is 6.10 Å². The van der Waals surface area contributed by atoms with Gasteiger partial charge in [-0.15, -0.1) is 0 Å². The van der Waals surface area contributed by atoms with Crippen LogP contribution in [0.2, 0.25) is 10.0 Å². The predicted molar refractivity (Wildman–Crippen MR) is 99.0 cm³/mol. The number of ether oxygens (including phenoxy) is 2. The third-order valence-corrected chi connectivity index (χ3v) is 4.13. The number of halogens is 2. The van der Waals surface area contributed by atoms with Crippen LogP contribution in [0.3, 0.4) is 0 Å². The molecule has 1 aliphatic heterocycles. The molecule has 26 heavy (non-hydrogen) atoms. The second-order valence-electron chi connectivity index (χ2n) is 5.74. The zero-order valence-electron chi connectivity index (χ0n) is 14.0. The van der Waals surface area contributed by atoms with Crippen molar-refractivity contribution in [3.8, 4) is 0 Å². The van der Waals surface area contributed by atoms with Crippen molar-refractivity contribution in [2.45, 2.75) is 31.8 Å². The van der Waals surface area contributed by atoms with E-state index < -0.39 is 12.1 Å². The molecule has 140 valence electrons. The van der Waals surface area contributed by atoms with Gasteiger partial charge in [0, 0.05) is 16.5 Å². The molecular formula is C19H20Cl2O5. The summed E-state index contributed by atoms with van der Waals surface area (Å²) in [4.78, 5) is 10.9. The molecule has 1 fully saturated rings. The largest absolute Gasteiger partial charge is 0.458 e. The molecule has 2 aromatic carbocycles. The molecule has 2 unspecified atom stereocenters. The Morgan fingerprint density at radius 3 is 2.00 bits per heavy atom. The molecule has 1 heterocycles. The van der Waals surface area contributed by atoms with Crippen LogP contribution in [0.1, 0.15) is 17.5 Å². The highest BCUT2D eigenvalue weighted by Crippen LogP contribution is 2.16. The molecule has 3 rings (SSSR count). The minimum atomic E-state index is -1.00. The normalized spacial score (nSPS) is 18.8.